The molecule has 0 atom stereocenters. The summed E-state index contributed by atoms with van der Waals surface area (Å²) < 4.78 is 0. The van der Waals surface area contributed by atoms with Crippen molar-refractivity contribution >= 4 is 17.6 Å². The number of rotatable bonds is 6. The lowest BCUT2D eigenvalue weighted by Crippen LogP contribution is -2.12. The monoisotopic (exact) mass is 289 g/mol. The van der Waals surface area contributed by atoms with E-state index in [4.69, 9.17) is 16.7 Å². The largest absolute Gasteiger partial charge is 0.481 e. The van der Waals surface area contributed by atoms with Gasteiger partial charge in [-0.3, -0.25) is 4.79 Å². The molecule has 0 amide bonds. The van der Waals surface area contributed by atoms with Gasteiger partial charge >= 0.3 is 5.97 Å². The molecule has 0 saturated carbocycles. The number of carboxylic acid groups (broad SMARTS) is 1. The highest BCUT2D eigenvalue weighted by atomic mass is 35.5. The molecule has 2 aromatic rings. The molecule has 3 nitrogen and oxygen atoms in total. The van der Waals surface area contributed by atoms with E-state index in [1.165, 1.54) is 5.56 Å². The fourth-order valence-electron chi connectivity index (χ4n) is 1.90. The molecule has 0 aliphatic rings. The lowest BCUT2D eigenvalue weighted by Gasteiger charge is -2.06. The molecule has 0 aliphatic heterocycles. The van der Waals surface area contributed by atoms with Gasteiger partial charge in [0.05, 0.1) is 6.42 Å². The zero-order chi connectivity index (χ0) is 14.4. The molecule has 0 aliphatic carbocycles. The predicted octanol–water partition coefficient (Wildman–Crippen LogP) is 3.26. The van der Waals surface area contributed by atoms with E-state index >= 15 is 0 Å². The van der Waals surface area contributed by atoms with Crippen LogP contribution in [0.4, 0.5) is 0 Å². The van der Waals surface area contributed by atoms with Crippen LogP contribution in [0, 0.1) is 0 Å². The van der Waals surface area contributed by atoms with E-state index in [0.717, 1.165) is 29.2 Å². The van der Waals surface area contributed by atoms with Crippen LogP contribution in [0.25, 0.3) is 0 Å². The molecule has 2 aromatic carbocycles. The Morgan fingerprint density at radius 2 is 1.35 bits per heavy atom. The minimum absolute atomic E-state index is 0.0679. The van der Waals surface area contributed by atoms with E-state index in [1.54, 1.807) is 0 Å². The van der Waals surface area contributed by atoms with E-state index in [-0.39, 0.29) is 6.42 Å². The molecule has 0 aromatic heterocycles. The van der Waals surface area contributed by atoms with E-state index in [1.807, 2.05) is 48.5 Å². The van der Waals surface area contributed by atoms with Crippen molar-refractivity contribution in [3.05, 3.63) is 70.2 Å². The highest BCUT2D eigenvalue weighted by Crippen LogP contribution is 2.10. The van der Waals surface area contributed by atoms with Crippen LogP contribution in [0.1, 0.15) is 16.7 Å². The Labute approximate surface area is 123 Å². The quantitative estimate of drug-likeness (QED) is 0.858. The van der Waals surface area contributed by atoms with E-state index in [9.17, 15) is 4.79 Å². The molecule has 2 rings (SSSR count). The summed E-state index contributed by atoms with van der Waals surface area (Å²) >= 11 is 5.83. The fraction of sp³-hybridized carbons (Fsp3) is 0.188. The van der Waals surface area contributed by atoms with Crippen molar-refractivity contribution in [3.8, 4) is 0 Å². The molecular formula is C16H16ClNO2. The van der Waals surface area contributed by atoms with Crippen LogP contribution in [0.3, 0.4) is 0 Å². The molecule has 0 unspecified atom stereocenters. The van der Waals surface area contributed by atoms with Crippen molar-refractivity contribution in [1.82, 2.24) is 5.32 Å². The van der Waals surface area contributed by atoms with Gasteiger partial charge in [0, 0.05) is 18.1 Å². The highest BCUT2D eigenvalue weighted by molar-refractivity contribution is 6.30. The molecule has 0 fully saturated rings. The number of carbonyl (C=O) groups is 1. The molecule has 0 heterocycles. The van der Waals surface area contributed by atoms with Gasteiger partial charge in [0.15, 0.2) is 0 Å². The van der Waals surface area contributed by atoms with Gasteiger partial charge in [0.25, 0.3) is 0 Å². The minimum atomic E-state index is -0.807. The minimum Gasteiger partial charge on any atom is -0.481 e. The summed E-state index contributed by atoms with van der Waals surface area (Å²) in [7, 11) is 0. The zero-order valence-corrected chi connectivity index (χ0v) is 11.7. The van der Waals surface area contributed by atoms with Crippen molar-refractivity contribution in [2.45, 2.75) is 19.5 Å². The second-order valence-corrected chi connectivity index (χ2v) is 5.05. The van der Waals surface area contributed by atoms with Gasteiger partial charge in [-0.2, -0.15) is 0 Å². The first-order chi connectivity index (χ1) is 9.63. The fourth-order valence-corrected chi connectivity index (χ4v) is 2.03. The molecule has 0 spiro atoms. The Morgan fingerprint density at radius 1 is 0.900 bits per heavy atom. The summed E-state index contributed by atoms with van der Waals surface area (Å²) in [4.78, 5) is 10.6. The van der Waals surface area contributed by atoms with E-state index in [0.29, 0.717) is 0 Å². The van der Waals surface area contributed by atoms with Crippen LogP contribution in [0.5, 0.6) is 0 Å². The van der Waals surface area contributed by atoms with Crippen LogP contribution in [-0.2, 0) is 24.3 Å². The van der Waals surface area contributed by atoms with Crippen LogP contribution in [0.2, 0.25) is 5.02 Å². The molecule has 4 heteroatoms. The number of hydrogen-bond acceptors (Lipinski definition) is 2. The first-order valence-electron chi connectivity index (χ1n) is 6.38. The molecule has 2 N–H and O–H groups in total. The molecule has 0 radical (unpaired) electrons. The number of nitrogens with one attached hydrogen (secondary N) is 1. The average Bonchev–Trinajstić information content (AvgIpc) is 2.42. The maximum absolute atomic E-state index is 10.6. The Bertz CT molecular complexity index is 564. The van der Waals surface area contributed by atoms with Crippen molar-refractivity contribution in [2.24, 2.45) is 0 Å². The van der Waals surface area contributed by atoms with Gasteiger partial charge < -0.3 is 10.4 Å². The summed E-state index contributed by atoms with van der Waals surface area (Å²) in [5.74, 6) is -0.807. The molecule has 104 valence electrons. The summed E-state index contributed by atoms with van der Waals surface area (Å²) in [6.07, 6.45) is 0.0679. The van der Waals surface area contributed by atoms with Gasteiger partial charge in [-0.1, -0.05) is 48.0 Å². The third-order valence-corrected chi connectivity index (χ3v) is 3.20. The predicted molar refractivity (Wildman–Crippen MR) is 79.8 cm³/mol. The normalized spacial score (nSPS) is 10.4. The molecule has 0 saturated heterocycles. The summed E-state index contributed by atoms with van der Waals surface area (Å²) in [5.41, 5.74) is 3.13. The Hall–Kier alpha value is -1.84. The summed E-state index contributed by atoms with van der Waals surface area (Å²) in [5, 5.41) is 12.8. The third kappa shape index (κ3) is 4.68. The van der Waals surface area contributed by atoms with Crippen LogP contribution in [0.15, 0.2) is 48.5 Å². The second-order valence-electron chi connectivity index (χ2n) is 4.62. The van der Waals surface area contributed by atoms with Crippen molar-refractivity contribution in [3.63, 3.8) is 0 Å². The third-order valence-electron chi connectivity index (χ3n) is 2.95. The van der Waals surface area contributed by atoms with E-state index in [2.05, 4.69) is 5.32 Å². The number of aliphatic carboxylic acids is 1. The van der Waals surface area contributed by atoms with Crippen molar-refractivity contribution in [1.29, 1.82) is 0 Å². The van der Waals surface area contributed by atoms with Crippen LogP contribution >= 0.6 is 11.6 Å². The lowest BCUT2D eigenvalue weighted by atomic mass is 10.1. The molecule has 20 heavy (non-hydrogen) atoms. The smallest absolute Gasteiger partial charge is 0.307 e. The average molecular weight is 290 g/mol. The number of hydrogen-bond donors (Lipinski definition) is 2. The molecule has 0 bridgehead atoms. The Kier molecular flexibility index (Phi) is 5.16. The summed E-state index contributed by atoms with van der Waals surface area (Å²) in [6, 6.07) is 15.3. The van der Waals surface area contributed by atoms with Gasteiger partial charge in [-0.25, -0.2) is 0 Å². The summed E-state index contributed by atoms with van der Waals surface area (Å²) in [6.45, 7) is 1.52. The second kappa shape index (κ2) is 7.08. The van der Waals surface area contributed by atoms with Crippen LogP contribution < -0.4 is 5.32 Å². The van der Waals surface area contributed by atoms with Gasteiger partial charge in [0.1, 0.15) is 0 Å². The van der Waals surface area contributed by atoms with Crippen molar-refractivity contribution < 1.29 is 9.90 Å². The number of halogens is 1. The number of benzene rings is 2. The Balaban J connectivity index is 1.82. The van der Waals surface area contributed by atoms with Crippen molar-refractivity contribution in [2.75, 3.05) is 0 Å². The number of carboxylic acids is 1. The first kappa shape index (κ1) is 14.6. The standard InChI is InChI=1S/C16H16ClNO2/c17-15-7-5-14(6-8-15)11-18-10-13-3-1-12(2-4-13)9-16(19)20/h1-8,18H,9-11H2,(H,19,20). The SMILES string of the molecule is O=C(O)Cc1ccc(CNCc2ccc(Cl)cc2)cc1. The zero-order valence-electron chi connectivity index (χ0n) is 11.0. The maximum Gasteiger partial charge on any atom is 0.307 e. The van der Waals surface area contributed by atoms with Crippen LogP contribution in [-0.4, -0.2) is 11.1 Å². The molecular weight excluding hydrogens is 274 g/mol. The topological polar surface area (TPSA) is 49.3 Å². The Morgan fingerprint density at radius 3 is 1.85 bits per heavy atom. The van der Waals surface area contributed by atoms with E-state index < -0.39 is 5.97 Å². The lowest BCUT2D eigenvalue weighted by molar-refractivity contribution is -0.136. The van der Waals surface area contributed by atoms with Gasteiger partial charge in [-0.05, 0) is 28.8 Å². The maximum atomic E-state index is 10.6. The van der Waals surface area contributed by atoms with Gasteiger partial charge in [-0.15, -0.1) is 0 Å². The first-order valence-corrected chi connectivity index (χ1v) is 6.76. The van der Waals surface area contributed by atoms with Gasteiger partial charge in [0.2, 0.25) is 0 Å². The highest BCUT2D eigenvalue weighted by Gasteiger charge is 2.00.